The van der Waals surface area contributed by atoms with Gasteiger partial charge in [0.25, 0.3) is 0 Å². The normalized spacial score (nSPS) is 18.1. The van der Waals surface area contributed by atoms with Crippen LogP contribution in [0.1, 0.15) is 42.2 Å². The fraction of sp³-hybridized carbons (Fsp3) is 0.186. The average Bonchev–Trinajstić information content (AvgIpc) is 3.83. The minimum absolute atomic E-state index is 0.0521. The Hall–Kier alpha value is -7.03. The molecule has 292 valence electrons. The van der Waals surface area contributed by atoms with E-state index in [2.05, 4.69) is 13.2 Å². The first kappa shape index (κ1) is 39.7. The first-order chi connectivity index (χ1) is 27.7. The summed E-state index contributed by atoms with van der Waals surface area (Å²) in [6.07, 6.45) is 3.17. The van der Waals surface area contributed by atoms with Gasteiger partial charge in [0.15, 0.2) is 12.2 Å². The topological polar surface area (TPSA) is 168 Å². The van der Waals surface area contributed by atoms with Gasteiger partial charge in [0.2, 0.25) is 13.6 Å². The maximum atomic E-state index is 13.0. The van der Waals surface area contributed by atoms with Gasteiger partial charge in [0, 0.05) is 12.2 Å². The summed E-state index contributed by atoms with van der Waals surface area (Å²) in [7, 11) is 0. The zero-order chi connectivity index (χ0) is 40.1. The van der Waals surface area contributed by atoms with Crippen LogP contribution in [0.3, 0.4) is 0 Å². The van der Waals surface area contributed by atoms with Crippen molar-refractivity contribution in [3.63, 3.8) is 0 Å². The van der Waals surface area contributed by atoms with Crippen LogP contribution in [-0.4, -0.2) is 81.1 Å². The lowest BCUT2D eigenvalue weighted by molar-refractivity contribution is -0.145. The molecule has 2 aliphatic rings. The lowest BCUT2D eigenvalue weighted by Crippen LogP contribution is -2.36. The van der Waals surface area contributed by atoms with E-state index in [0.29, 0.717) is 17.1 Å². The Balaban J connectivity index is 0.931. The molecule has 4 atom stereocenters. The largest absolute Gasteiger partial charge is 0.457 e. The third kappa shape index (κ3) is 10.8. The Morgan fingerprint density at radius 2 is 0.895 bits per heavy atom. The quantitative estimate of drug-likeness (QED) is 0.0337. The Bertz CT molecular complexity index is 2110. The Morgan fingerprint density at radius 1 is 0.526 bits per heavy atom. The van der Waals surface area contributed by atoms with Crippen LogP contribution >= 0.6 is 0 Å². The molecule has 14 nitrogen and oxygen atoms in total. The summed E-state index contributed by atoms with van der Waals surface area (Å²) in [6.45, 7) is 6.22. The molecule has 0 amide bonds. The monoisotopic (exact) mass is 776 g/mol. The number of carbonyl (C=O) groups is 5. The molecule has 0 saturated carbocycles. The van der Waals surface area contributed by atoms with E-state index in [-0.39, 0.29) is 43.7 Å². The van der Waals surface area contributed by atoms with Crippen molar-refractivity contribution in [3.05, 3.63) is 150 Å². The van der Waals surface area contributed by atoms with Crippen molar-refractivity contribution in [1.29, 1.82) is 0 Å². The highest BCUT2D eigenvalue weighted by Crippen LogP contribution is 2.32. The van der Waals surface area contributed by atoms with E-state index in [0.717, 1.165) is 23.3 Å². The number of ether oxygens (including phenoxy) is 9. The maximum absolute atomic E-state index is 13.0. The average molecular weight is 777 g/mol. The highest BCUT2D eigenvalue weighted by molar-refractivity contribution is 5.92. The van der Waals surface area contributed by atoms with E-state index in [1.807, 2.05) is 24.3 Å². The highest BCUT2D eigenvalue weighted by atomic mass is 16.7. The second kappa shape index (κ2) is 19.0. The molecule has 0 spiro atoms. The predicted molar refractivity (Wildman–Crippen MR) is 201 cm³/mol. The number of hydrogen-bond acceptors (Lipinski definition) is 14. The summed E-state index contributed by atoms with van der Waals surface area (Å²) in [5, 5.41) is 0. The van der Waals surface area contributed by atoms with Crippen LogP contribution in [0.15, 0.2) is 122 Å². The van der Waals surface area contributed by atoms with E-state index in [9.17, 15) is 24.0 Å². The minimum atomic E-state index is -0.735. The summed E-state index contributed by atoms with van der Waals surface area (Å²) in [5.41, 5.74) is 2.56. The molecule has 0 radical (unpaired) electrons. The molecule has 2 heterocycles. The number of rotatable bonds is 16. The molecular weight excluding hydrogens is 740 g/mol. The van der Waals surface area contributed by atoms with Crippen LogP contribution in [0.5, 0.6) is 17.2 Å². The van der Waals surface area contributed by atoms with Gasteiger partial charge in [0.1, 0.15) is 29.5 Å². The van der Waals surface area contributed by atoms with Crippen molar-refractivity contribution < 1.29 is 66.6 Å². The number of carbonyl (C=O) groups excluding carboxylic acids is 5. The number of benzene rings is 4. The van der Waals surface area contributed by atoms with E-state index >= 15 is 0 Å². The summed E-state index contributed by atoms with van der Waals surface area (Å²) in [5.74, 6) is -1.90. The van der Waals surface area contributed by atoms with E-state index in [4.69, 9.17) is 42.6 Å². The first-order valence-corrected chi connectivity index (χ1v) is 17.5. The molecule has 2 aliphatic heterocycles. The fourth-order valence-electron chi connectivity index (χ4n) is 5.58. The second-order valence-electron chi connectivity index (χ2n) is 12.3. The van der Waals surface area contributed by atoms with Crippen LogP contribution in [0.25, 0.3) is 12.2 Å². The Labute approximate surface area is 326 Å². The molecule has 14 heteroatoms. The zero-order valence-electron chi connectivity index (χ0n) is 30.3. The fourth-order valence-corrected chi connectivity index (χ4v) is 5.58. The van der Waals surface area contributed by atoms with Crippen molar-refractivity contribution in [3.8, 4) is 17.2 Å². The van der Waals surface area contributed by atoms with Crippen LogP contribution in [0, 0.1) is 0 Å². The number of fused-ring (bicyclic) bond motifs is 1. The maximum Gasteiger partial charge on any atom is 0.343 e. The predicted octanol–water partition coefficient (Wildman–Crippen LogP) is 5.76. The molecule has 0 aromatic heterocycles. The molecule has 0 aliphatic carbocycles. The van der Waals surface area contributed by atoms with Gasteiger partial charge in [-0.3, -0.25) is 0 Å². The molecule has 0 N–H and O–H groups in total. The molecule has 2 fully saturated rings. The molecular formula is C43H36O14. The third-order valence-corrected chi connectivity index (χ3v) is 8.55. The van der Waals surface area contributed by atoms with Crippen molar-refractivity contribution in [2.45, 2.75) is 24.4 Å². The minimum Gasteiger partial charge on any atom is -0.457 e. The molecule has 2 saturated heterocycles. The van der Waals surface area contributed by atoms with Crippen LogP contribution in [0.4, 0.5) is 0 Å². The molecule has 4 aromatic rings. The summed E-state index contributed by atoms with van der Waals surface area (Å²) in [4.78, 5) is 60.8. The molecule has 6 rings (SSSR count). The lowest BCUT2D eigenvalue weighted by Gasteiger charge is -2.17. The molecule has 4 aromatic carbocycles. The van der Waals surface area contributed by atoms with E-state index < -0.39 is 54.3 Å². The second-order valence-corrected chi connectivity index (χ2v) is 12.3. The summed E-state index contributed by atoms with van der Waals surface area (Å²) >= 11 is 0. The van der Waals surface area contributed by atoms with Gasteiger partial charge in [-0.25, -0.2) is 24.0 Å². The molecule has 4 unspecified atom stereocenters. The third-order valence-electron chi connectivity index (χ3n) is 8.55. The zero-order valence-corrected chi connectivity index (χ0v) is 30.3. The van der Waals surface area contributed by atoms with Crippen molar-refractivity contribution >= 4 is 42.0 Å². The molecule has 0 bridgehead atoms. The summed E-state index contributed by atoms with van der Waals surface area (Å²) in [6, 6.07) is 25.9. The van der Waals surface area contributed by atoms with Gasteiger partial charge in [-0.15, -0.1) is 0 Å². The van der Waals surface area contributed by atoms with Crippen LogP contribution < -0.4 is 14.2 Å². The van der Waals surface area contributed by atoms with Gasteiger partial charge >= 0.3 is 29.8 Å². The first-order valence-electron chi connectivity index (χ1n) is 17.5. The number of hydrogen-bond donors (Lipinski definition) is 0. The van der Waals surface area contributed by atoms with Crippen molar-refractivity contribution in [2.24, 2.45) is 0 Å². The molecule has 57 heavy (non-hydrogen) atoms. The van der Waals surface area contributed by atoms with Gasteiger partial charge in [-0.1, -0.05) is 49.6 Å². The van der Waals surface area contributed by atoms with Gasteiger partial charge in [-0.2, -0.15) is 0 Å². The van der Waals surface area contributed by atoms with Gasteiger partial charge < -0.3 is 42.6 Å². The highest BCUT2D eigenvalue weighted by Gasteiger charge is 2.51. The van der Waals surface area contributed by atoms with Crippen LogP contribution in [0.2, 0.25) is 0 Å². The van der Waals surface area contributed by atoms with Gasteiger partial charge in [-0.05, 0) is 83.9 Å². The number of esters is 5. The van der Waals surface area contributed by atoms with Gasteiger partial charge in [0.05, 0.1) is 29.9 Å². The van der Waals surface area contributed by atoms with E-state index in [1.54, 1.807) is 36.4 Å². The standard InChI is InChI=1S/C43H36O14/c1-3-37(44)53-25-51-32-17-9-28(10-18-32)6-5-27-7-11-29(12-8-27)42(47)56-35-23-49-40-36(24-50-39(35)40)57-43(48)31-15-21-34(22-16-31)55-41(46)30-13-19-33(20-14-30)52-26-54-38(45)4-2/h3-22,35-36,39-40H,1-2,23-26H2/b6-5+. The van der Waals surface area contributed by atoms with Crippen molar-refractivity contribution in [2.75, 3.05) is 26.8 Å². The van der Waals surface area contributed by atoms with Crippen molar-refractivity contribution in [1.82, 2.24) is 0 Å². The SMILES string of the molecule is C=CC(=O)OCOc1ccc(/C=C/c2ccc(C(=O)OC3COC4C(OC(=O)c5ccc(OC(=O)c6ccc(OCOC(=O)C=C)cc6)cc5)COC34)cc2)cc1. The van der Waals surface area contributed by atoms with Crippen LogP contribution in [-0.2, 0) is 38.0 Å². The lowest BCUT2D eigenvalue weighted by atomic mass is 10.1. The Kier molecular flexibility index (Phi) is 13.2. The summed E-state index contributed by atoms with van der Waals surface area (Å²) < 4.78 is 48.7. The Morgan fingerprint density at radius 3 is 1.33 bits per heavy atom. The van der Waals surface area contributed by atoms with E-state index in [1.165, 1.54) is 48.5 Å². The smallest absolute Gasteiger partial charge is 0.343 e.